The Labute approximate surface area is 293 Å². The smallest absolute Gasteiger partial charge is 0.0698 e. The first-order valence-electron chi connectivity index (χ1n) is 17.5. The molecule has 2 heterocycles. The number of hydrogen-bond acceptors (Lipinski definition) is 6. The fourth-order valence-electron chi connectivity index (χ4n) is 7.06. The van der Waals surface area contributed by atoms with Gasteiger partial charge in [0.1, 0.15) is 0 Å². The standard InChI is InChI=1S/C21H27ClN2O2.C20H26N2/c22-20-8-6-19(7-9-20)21(18-4-2-1-3-5-18)24-12-10-23(11-13-24)14-16-26-17-15-25;1-16(14-21(2)3)15-22-19-10-6-4-8-17(19)12-13-18-9-5-7-11-20(18)22/h1-9,21,25H,10-17H2;4-11,16H,12-15H2,1-3H3. The van der Waals surface area contributed by atoms with Crippen LogP contribution in [0.4, 0.5) is 11.4 Å². The molecule has 6 nitrogen and oxygen atoms in total. The average Bonchev–Trinajstić information content (AvgIpc) is 3.26. The molecule has 1 fully saturated rings. The normalized spacial score (nSPS) is 16.3. The average molecular weight is 669 g/mol. The quantitative estimate of drug-likeness (QED) is 0.162. The molecular weight excluding hydrogens is 616 g/mol. The van der Waals surface area contributed by atoms with Gasteiger partial charge in [0.05, 0.1) is 25.9 Å². The predicted octanol–water partition coefficient (Wildman–Crippen LogP) is 7.18. The molecule has 2 aliphatic heterocycles. The molecule has 0 radical (unpaired) electrons. The molecule has 256 valence electrons. The van der Waals surface area contributed by atoms with Gasteiger partial charge < -0.3 is 19.6 Å². The third-order valence-electron chi connectivity index (χ3n) is 9.26. The van der Waals surface area contributed by atoms with E-state index in [1.54, 1.807) is 0 Å². The second kappa shape index (κ2) is 18.5. The lowest BCUT2D eigenvalue weighted by molar-refractivity contribution is 0.0522. The highest BCUT2D eigenvalue weighted by atomic mass is 35.5. The molecule has 1 N–H and O–H groups in total. The lowest BCUT2D eigenvalue weighted by Crippen LogP contribution is -2.48. The van der Waals surface area contributed by atoms with E-state index in [4.69, 9.17) is 21.4 Å². The highest BCUT2D eigenvalue weighted by Crippen LogP contribution is 2.36. The number of rotatable bonds is 12. The van der Waals surface area contributed by atoms with Gasteiger partial charge in [-0.2, -0.15) is 0 Å². The Kier molecular flexibility index (Phi) is 13.9. The summed E-state index contributed by atoms with van der Waals surface area (Å²) in [4.78, 5) is 9.79. The minimum absolute atomic E-state index is 0.0909. The number of piperazine rings is 1. The maximum absolute atomic E-state index is 8.78. The van der Waals surface area contributed by atoms with Crippen LogP contribution in [0, 0.1) is 5.92 Å². The summed E-state index contributed by atoms with van der Waals surface area (Å²) in [5.74, 6) is 0.620. The van der Waals surface area contributed by atoms with Crippen LogP contribution in [-0.2, 0) is 17.6 Å². The number of aliphatic hydroxyl groups is 1. The van der Waals surface area contributed by atoms with Crippen molar-refractivity contribution in [3.63, 3.8) is 0 Å². The van der Waals surface area contributed by atoms with Gasteiger partial charge in [-0.05, 0) is 79.4 Å². The number of aliphatic hydroxyl groups excluding tert-OH is 1. The van der Waals surface area contributed by atoms with Crippen LogP contribution in [0.3, 0.4) is 0 Å². The maximum Gasteiger partial charge on any atom is 0.0698 e. The van der Waals surface area contributed by atoms with Crippen molar-refractivity contribution < 1.29 is 9.84 Å². The zero-order valence-electron chi connectivity index (χ0n) is 29.0. The number of hydrogen-bond donors (Lipinski definition) is 1. The van der Waals surface area contributed by atoms with E-state index in [0.717, 1.165) is 63.7 Å². The van der Waals surface area contributed by atoms with E-state index in [-0.39, 0.29) is 12.6 Å². The Morgan fingerprint density at radius 2 is 1.29 bits per heavy atom. The van der Waals surface area contributed by atoms with Crippen LogP contribution >= 0.6 is 11.6 Å². The molecule has 2 unspecified atom stereocenters. The Morgan fingerprint density at radius 1 is 0.729 bits per heavy atom. The molecule has 0 bridgehead atoms. The van der Waals surface area contributed by atoms with Crippen LogP contribution in [0.5, 0.6) is 0 Å². The van der Waals surface area contributed by atoms with Crippen LogP contribution in [0.15, 0.2) is 103 Å². The van der Waals surface area contributed by atoms with Crippen LogP contribution in [0.1, 0.15) is 35.2 Å². The molecule has 0 amide bonds. The number of fused-ring (bicyclic) bond motifs is 2. The number of halogens is 1. The second-order valence-corrected chi connectivity index (χ2v) is 13.8. The van der Waals surface area contributed by atoms with E-state index in [9.17, 15) is 0 Å². The molecule has 2 aliphatic rings. The topological polar surface area (TPSA) is 42.4 Å². The van der Waals surface area contributed by atoms with Crippen LogP contribution in [0.2, 0.25) is 5.02 Å². The molecule has 4 aromatic carbocycles. The van der Waals surface area contributed by atoms with Crippen molar-refractivity contribution in [1.82, 2.24) is 14.7 Å². The van der Waals surface area contributed by atoms with E-state index < -0.39 is 0 Å². The zero-order valence-corrected chi connectivity index (χ0v) is 29.7. The first-order chi connectivity index (χ1) is 23.4. The summed E-state index contributed by atoms with van der Waals surface area (Å²) in [6, 6.07) is 36.9. The highest BCUT2D eigenvalue weighted by molar-refractivity contribution is 6.30. The SMILES string of the molecule is CC(CN(C)C)CN1c2ccccc2CCc2ccccc21.OCCOCCN1CCN(C(c2ccccc2)c2ccc(Cl)cc2)CC1. The number of benzene rings is 4. The summed E-state index contributed by atoms with van der Waals surface area (Å²) >= 11 is 6.09. The molecule has 7 heteroatoms. The first kappa shape index (κ1) is 36.1. The Morgan fingerprint density at radius 3 is 1.88 bits per heavy atom. The minimum atomic E-state index is 0.0909. The van der Waals surface area contributed by atoms with Gasteiger partial charge in [0.15, 0.2) is 0 Å². The van der Waals surface area contributed by atoms with Crippen LogP contribution in [0.25, 0.3) is 0 Å². The van der Waals surface area contributed by atoms with Gasteiger partial charge in [-0.15, -0.1) is 0 Å². The number of para-hydroxylation sites is 2. The van der Waals surface area contributed by atoms with E-state index in [1.807, 2.05) is 12.1 Å². The fourth-order valence-corrected chi connectivity index (χ4v) is 7.19. The van der Waals surface area contributed by atoms with Gasteiger partial charge in [-0.3, -0.25) is 9.80 Å². The molecule has 4 aromatic rings. The lowest BCUT2D eigenvalue weighted by Gasteiger charge is -2.39. The molecule has 2 atom stereocenters. The third kappa shape index (κ3) is 10.1. The summed E-state index contributed by atoms with van der Waals surface area (Å²) in [5.41, 5.74) is 8.30. The number of ether oxygens (including phenoxy) is 1. The van der Waals surface area contributed by atoms with E-state index in [0.29, 0.717) is 19.1 Å². The Hall–Kier alpha value is -3.23. The fraction of sp³-hybridized carbons (Fsp3) is 0.415. The molecule has 0 aliphatic carbocycles. The van der Waals surface area contributed by atoms with E-state index >= 15 is 0 Å². The number of anilines is 2. The van der Waals surface area contributed by atoms with Gasteiger partial charge in [0.25, 0.3) is 0 Å². The van der Waals surface area contributed by atoms with Crippen LogP contribution in [-0.4, -0.2) is 99.5 Å². The Balaban J connectivity index is 0.000000190. The van der Waals surface area contributed by atoms with Gasteiger partial charge in [0, 0.05) is 62.2 Å². The molecular formula is C41H53ClN4O2. The van der Waals surface area contributed by atoms with Crippen LogP contribution < -0.4 is 4.90 Å². The molecule has 1 saturated heterocycles. The summed E-state index contributed by atoms with van der Waals surface area (Å²) in [6.07, 6.45) is 2.26. The Bertz CT molecular complexity index is 1460. The number of aryl methyl sites for hydroxylation is 2. The van der Waals surface area contributed by atoms with Crippen molar-refractivity contribution in [2.45, 2.75) is 25.8 Å². The summed E-state index contributed by atoms with van der Waals surface area (Å²) in [5, 5.41) is 9.55. The van der Waals surface area contributed by atoms with Crippen molar-refractivity contribution in [1.29, 1.82) is 0 Å². The molecule has 0 spiro atoms. The largest absolute Gasteiger partial charge is 0.394 e. The van der Waals surface area contributed by atoms with E-state index in [2.05, 4.69) is 132 Å². The number of nitrogens with zero attached hydrogens (tertiary/aromatic N) is 4. The molecule has 6 rings (SSSR count). The first-order valence-corrected chi connectivity index (χ1v) is 17.8. The predicted molar refractivity (Wildman–Crippen MR) is 201 cm³/mol. The van der Waals surface area contributed by atoms with Crippen molar-refractivity contribution in [3.05, 3.63) is 130 Å². The monoisotopic (exact) mass is 668 g/mol. The van der Waals surface area contributed by atoms with Crippen molar-refractivity contribution in [3.8, 4) is 0 Å². The molecule has 0 aromatic heterocycles. The van der Waals surface area contributed by atoms with Gasteiger partial charge in [-0.25, -0.2) is 0 Å². The third-order valence-corrected chi connectivity index (χ3v) is 9.51. The van der Waals surface area contributed by atoms with Crippen molar-refractivity contribution >= 4 is 23.0 Å². The zero-order chi connectivity index (χ0) is 33.7. The lowest BCUT2D eigenvalue weighted by atomic mass is 9.96. The summed E-state index contributed by atoms with van der Waals surface area (Å²) in [6.45, 7) is 10.7. The maximum atomic E-state index is 8.78. The van der Waals surface area contributed by atoms with Crippen molar-refractivity contribution in [2.75, 3.05) is 84.6 Å². The highest BCUT2D eigenvalue weighted by Gasteiger charge is 2.26. The summed E-state index contributed by atoms with van der Waals surface area (Å²) < 4.78 is 5.39. The molecule has 0 saturated carbocycles. The van der Waals surface area contributed by atoms with E-state index in [1.165, 1.54) is 33.6 Å². The van der Waals surface area contributed by atoms with Gasteiger partial charge >= 0.3 is 0 Å². The summed E-state index contributed by atoms with van der Waals surface area (Å²) in [7, 11) is 4.31. The minimum Gasteiger partial charge on any atom is -0.394 e. The molecule has 48 heavy (non-hydrogen) atoms. The van der Waals surface area contributed by atoms with Crippen molar-refractivity contribution in [2.24, 2.45) is 5.92 Å². The van der Waals surface area contributed by atoms with Gasteiger partial charge in [-0.1, -0.05) is 97.4 Å². The van der Waals surface area contributed by atoms with Gasteiger partial charge in [0.2, 0.25) is 0 Å². The second-order valence-electron chi connectivity index (χ2n) is 13.3.